The molecule has 0 radical (unpaired) electrons. The van der Waals surface area contributed by atoms with Crippen molar-refractivity contribution in [3.8, 4) is 0 Å². The lowest BCUT2D eigenvalue weighted by Crippen LogP contribution is -2.52. The molecule has 0 aliphatic carbocycles. The van der Waals surface area contributed by atoms with Crippen LogP contribution in [0.2, 0.25) is 0 Å². The van der Waals surface area contributed by atoms with E-state index in [-0.39, 0.29) is 19.0 Å². The van der Waals surface area contributed by atoms with Crippen LogP contribution in [0.3, 0.4) is 0 Å². The van der Waals surface area contributed by atoms with Gasteiger partial charge in [0.2, 0.25) is 17.7 Å². The number of nitrogens with one attached hydrogen (secondary N) is 1. The predicted molar refractivity (Wildman–Crippen MR) is 70.8 cm³/mol. The molecule has 0 bridgehead atoms. The normalized spacial score (nSPS) is 16.2. The molecular formula is C11H9BrN2O3S. The molecule has 5 nitrogen and oxygen atoms in total. The lowest BCUT2D eigenvalue weighted by atomic mass is 10.3. The summed E-state index contributed by atoms with van der Waals surface area (Å²) >= 11 is 4.81. The van der Waals surface area contributed by atoms with Crippen LogP contribution in [-0.4, -0.2) is 35.7 Å². The van der Waals surface area contributed by atoms with Gasteiger partial charge in [-0.05, 0) is 34.1 Å². The van der Waals surface area contributed by atoms with E-state index in [1.54, 1.807) is 6.08 Å². The van der Waals surface area contributed by atoms with E-state index in [2.05, 4.69) is 21.2 Å². The molecule has 0 aromatic carbocycles. The van der Waals surface area contributed by atoms with Crippen LogP contribution in [0.1, 0.15) is 4.88 Å². The maximum atomic E-state index is 11.8. The standard InChI is InChI=1S/C11H9BrN2O3S/c12-8-3-1-7(18-8)2-4-11(17)14-5-9(15)13-10(16)6-14/h1-4H,5-6H2,(H,13,15,16). The molecule has 1 N–H and O–H groups in total. The molecule has 0 unspecified atom stereocenters. The van der Waals surface area contributed by atoms with Crippen LogP contribution in [0.4, 0.5) is 0 Å². The monoisotopic (exact) mass is 328 g/mol. The Balaban J connectivity index is 2.01. The largest absolute Gasteiger partial charge is 0.321 e. The molecule has 1 fully saturated rings. The van der Waals surface area contributed by atoms with Crippen molar-refractivity contribution in [2.75, 3.05) is 13.1 Å². The lowest BCUT2D eigenvalue weighted by Gasteiger charge is -2.24. The van der Waals surface area contributed by atoms with Crippen LogP contribution in [0.25, 0.3) is 6.08 Å². The second-order valence-corrected chi connectivity index (χ2v) is 6.14. The number of hydrogen-bond acceptors (Lipinski definition) is 4. The average molecular weight is 329 g/mol. The second-order valence-electron chi connectivity index (χ2n) is 3.64. The summed E-state index contributed by atoms with van der Waals surface area (Å²) in [5, 5.41) is 2.14. The highest BCUT2D eigenvalue weighted by molar-refractivity contribution is 9.11. The summed E-state index contributed by atoms with van der Waals surface area (Å²) in [7, 11) is 0. The van der Waals surface area contributed by atoms with Crippen molar-refractivity contribution in [2.24, 2.45) is 0 Å². The first-order chi connectivity index (χ1) is 8.54. The molecule has 1 aliphatic heterocycles. The molecule has 7 heteroatoms. The summed E-state index contributed by atoms with van der Waals surface area (Å²) < 4.78 is 0.974. The Kier molecular flexibility index (Phi) is 3.93. The van der Waals surface area contributed by atoms with Crippen LogP contribution >= 0.6 is 27.3 Å². The number of hydrogen-bond donors (Lipinski definition) is 1. The van der Waals surface area contributed by atoms with E-state index >= 15 is 0 Å². The molecule has 2 rings (SSSR count). The third-order valence-electron chi connectivity index (χ3n) is 2.24. The van der Waals surface area contributed by atoms with E-state index < -0.39 is 11.8 Å². The summed E-state index contributed by atoms with van der Waals surface area (Å²) in [6, 6.07) is 3.75. The second kappa shape index (κ2) is 5.45. The molecule has 0 saturated carbocycles. The zero-order valence-electron chi connectivity index (χ0n) is 9.18. The molecule has 18 heavy (non-hydrogen) atoms. The number of thiophene rings is 1. The third-order valence-corrected chi connectivity index (χ3v) is 3.83. The van der Waals surface area contributed by atoms with Crippen molar-refractivity contribution in [1.29, 1.82) is 0 Å². The third kappa shape index (κ3) is 3.27. The van der Waals surface area contributed by atoms with Crippen LogP contribution < -0.4 is 5.32 Å². The number of carbonyl (C=O) groups excluding carboxylic acids is 3. The Hall–Kier alpha value is -1.47. The molecule has 0 atom stereocenters. The number of carbonyl (C=O) groups is 3. The zero-order valence-corrected chi connectivity index (χ0v) is 11.6. The molecule has 2 heterocycles. The SMILES string of the molecule is O=C1CN(C(=O)C=Cc2ccc(Br)s2)CC(=O)N1. The summed E-state index contributed by atoms with van der Waals surface area (Å²) in [5.74, 6) is -1.25. The Bertz CT molecular complexity index is 522. The van der Waals surface area contributed by atoms with Crippen molar-refractivity contribution in [3.05, 3.63) is 26.9 Å². The van der Waals surface area contributed by atoms with Crippen LogP contribution in [0.5, 0.6) is 0 Å². The van der Waals surface area contributed by atoms with Crippen molar-refractivity contribution in [2.45, 2.75) is 0 Å². The summed E-state index contributed by atoms with van der Waals surface area (Å²) in [5.41, 5.74) is 0. The van der Waals surface area contributed by atoms with Crippen LogP contribution in [-0.2, 0) is 14.4 Å². The quantitative estimate of drug-likeness (QED) is 0.650. The van der Waals surface area contributed by atoms with Gasteiger partial charge in [-0.2, -0.15) is 0 Å². The van der Waals surface area contributed by atoms with Gasteiger partial charge in [-0.15, -0.1) is 11.3 Å². The highest BCUT2D eigenvalue weighted by Gasteiger charge is 2.24. The fraction of sp³-hybridized carbons (Fsp3) is 0.182. The molecule has 1 saturated heterocycles. The van der Waals surface area contributed by atoms with E-state index in [9.17, 15) is 14.4 Å². The van der Waals surface area contributed by atoms with E-state index in [1.807, 2.05) is 12.1 Å². The van der Waals surface area contributed by atoms with Gasteiger partial charge in [-0.25, -0.2) is 0 Å². The fourth-order valence-corrected chi connectivity index (χ4v) is 2.80. The Morgan fingerprint density at radius 1 is 1.33 bits per heavy atom. The van der Waals surface area contributed by atoms with Gasteiger partial charge in [-0.3, -0.25) is 19.7 Å². The summed E-state index contributed by atoms with van der Waals surface area (Å²) in [6.07, 6.45) is 3.03. The molecule has 3 amide bonds. The van der Waals surface area contributed by atoms with Gasteiger partial charge >= 0.3 is 0 Å². The van der Waals surface area contributed by atoms with Crippen molar-refractivity contribution in [1.82, 2.24) is 10.2 Å². The number of nitrogens with zero attached hydrogens (tertiary/aromatic N) is 1. The van der Waals surface area contributed by atoms with Crippen LogP contribution in [0, 0.1) is 0 Å². The maximum absolute atomic E-state index is 11.8. The van der Waals surface area contributed by atoms with Crippen molar-refractivity contribution in [3.63, 3.8) is 0 Å². The van der Waals surface area contributed by atoms with Gasteiger partial charge in [0, 0.05) is 11.0 Å². The van der Waals surface area contributed by atoms with Crippen molar-refractivity contribution < 1.29 is 14.4 Å². The van der Waals surface area contributed by atoms with E-state index in [0.717, 1.165) is 8.66 Å². The lowest BCUT2D eigenvalue weighted by molar-refractivity contribution is -0.143. The zero-order chi connectivity index (χ0) is 13.1. The predicted octanol–water partition coefficient (Wildman–Crippen LogP) is 1.01. The Morgan fingerprint density at radius 3 is 2.56 bits per heavy atom. The molecule has 1 aromatic rings. The minimum Gasteiger partial charge on any atom is -0.321 e. The minimum atomic E-state index is -0.452. The highest BCUT2D eigenvalue weighted by atomic mass is 79.9. The van der Waals surface area contributed by atoms with Gasteiger partial charge in [0.05, 0.1) is 3.79 Å². The summed E-state index contributed by atoms with van der Waals surface area (Å²) in [4.78, 5) is 36.1. The number of amides is 3. The molecule has 1 aliphatic rings. The van der Waals surface area contributed by atoms with Gasteiger partial charge < -0.3 is 4.90 Å². The maximum Gasteiger partial charge on any atom is 0.247 e. The minimum absolute atomic E-state index is 0.0803. The first-order valence-electron chi connectivity index (χ1n) is 5.09. The van der Waals surface area contributed by atoms with Gasteiger partial charge in [0.1, 0.15) is 13.1 Å². The molecule has 94 valence electrons. The first-order valence-corrected chi connectivity index (χ1v) is 6.70. The van der Waals surface area contributed by atoms with E-state index in [4.69, 9.17) is 0 Å². The number of halogens is 1. The Morgan fingerprint density at radius 2 is 2.00 bits per heavy atom. The fourth-order valence-electron chi connectivity index (χ4n) is 1.47. The molecule has 1 aromatic heterocycles. The van der Waals surface area contributed by atoms with E-state index in [0.29, 0.717) is 0 Å². The topological polar surface area (TPSA) is 66.5 Å². The van der Waals surface area contributed by atoms with E-state index in [1.165, 1.54) is 22.3 Å². The average Bonchev–Trinajstić information content (AvgIpc) is 2.70. The molecule has 0 spiro atoms. The van der Waals surface area contributed by atoms with Gasteiger partial charge in [-0.1, -0.05) is 0 Å². The smallest absolute Gasteiger partial charge is 0.247 e. The summed E-state index contributed by atoms with van der Waals surface area (Å²) in [6.45, 7) is -0.161. The number of piperazine rings is 1. The Labute approximate surface area is 116 Å². The number of imide groups is 1. The van der Waals surface area contributed by atoms with Gasteiger partial charge in [0.25, 0.3) is 0 Å². The highest BCUT2D eigenvalue weighted by Crippen LogP contribution is 2.23. The first kappa shape index (κ1) is 13.0. The van der Waals surface area contributed by atoms with Gasteiger partial charge in [0.15, 0.2) is 0 Å². The molecular weight excluding hydrogens is 320 g/mol. The van der Waals surface area contributed by atoms with Crippen molar-refractivity contribution >= 4 is 51.1 Å². The van der Waals surface area contributed by atoms with Crippen LogP contribution in [0.15, 0.2) is 22.0 Å². The number of rotatable bonds is 2.